The Balaban J connectivity index is 2.64. The maximum absolute atomic E-state index is 11.3. The van der Waals surface area contributed by atoms with Crippen LogP contribution in [0, 0.1) is 5.21 Å². The smallest absolute Gasteiger partial charge is 0.192 e. The quantitative estimate of drug-likeness (QED) is 0.414. The first-order valence-electron chi connectivity index (χ1n) is 5.62. The number of nitrogens with zero attached hydrogens (tertiary/aromatic N) is 1. The molecule has 4 heteroatoms. The molecule has 3 nitrogen and oxygen atoms in total. The zero-order valence-electron chi connectivity index (χ0n) is 10.7. The van der Waals surface area contributed by atoms with E-state index in [0.717, 1.165) is 11.2 Å². The molecule has 1 aliphatic heterocycles. The molecule has 88 valence electrons. The van der Waals surface area contributed by atoms with Crippen molar-refractivity contribution in [3.05, 3.63) is 5.21 Å². The van der Waals surface area contributed by atoms with Crippen LogP contribution in [0.5, 0.6) is 0 Å². The summed E-state index contributed by atoms with van der Waals surface area (Å²) < 4.78 is 7.24. The molecule has 0 saturated heterocycles. The summed E-state index contributed by atoms with van der Waals surface area (Å²) in [7, 11) is -1.73. The van der Waals surface area contributed by atoms with Crippen molar-refractivity contribution in [1.82, 2.24) is 0 Å². The lowest BCUT2D eigenvalue weighted by Gasteiger charge is -2.38. The van der Waals surface area contributed by atoms with E-state index in [-0.39, 0.29) is 17.2 Å². The van der Waals surface area contributed by atoms with Gasteiger partial charge in [-0.25, -0.2) is 4.74 Å². The molecule has 0 aromatic carbocycles. The average Bonchev–Trinajstić information content (AvgIpc) is 2.33. The Kier molecular flexibility index (Phi) is 3.31. The van der Waals surface area contributed by atoms with Crippen molar-refractivity contribution in [3.8, 4) is 0 Å². The second-order valence-corrected chi connectivity index (χ2v) is 10.7. The normalized spacial score (nSPS) is 28.0. The number of hydrogen-bond acceptors (Lipinski definition) is 2. The molecule has 0 spiro atoms. The lowest BCUT2D eigenvalue weighted by molar-refractivity contribution is -0.491. The van der Waals surface area contributed by atoms with Gasteiger partial charge in [-0.05, 0) is 18.1 Å². The highest BCUT2D eigenvalue weighted by Crippen LogP contribution is 2.38. The minimum absolute atomic E-state index is 0.0286. The molecular weight excluding hydrogens is 206 g/mol. The van der Waals surface area contributed by atoms with Gasteiger partial charge in [0.15, 0.2) is 20.6 Å². The van der Waals surface area contributed by atoms with E-state index in [1.165, 1.54) is 0 Å². The number of rotatable bonds is 2. The van der Waals surface area contributed by atoms with E-state index in [2.05, 4.69) is 33.9 Å². The Morgan fingerprint density at radius 1 is 1.40 bits per heavy atom. The van der Waals surface area contributed by atoms with Crippen LogP contribution in [-0.2, 0) is 4.43 Å². The Bertz CT molecular complexity index is 268. The number of hydrogen-bond donors (Lipinski definition) is 0. The lowest BCUT2D eigenvalue weighted by Crippen LogP contribution is -2.46. The predicted octanol–water partition coefficient (Wildman–Crippen LogP) is 2.75. The summed E-state index contributed by atoms with van der Waals surface area (Å²) in [5.74, 6) is 0. The summed E-state index contributed by atoms with van der Waals surface area (Å²) in [5, 5.41) is 11.5. The van der Waals surface area contributed by atoms with Gasteiger partial charge in [0.05, 0.1) is 6.42 Å². The SMILES string of the molecule is C[C@@H]1[C@@H](O[Si](C)(C)C(C)(C)C)CC=[N+]1[O-]. The third kappa shape index (κ3) is 2.61. The van der Waals surface area contributed by atoms with Crippen LogP contribution in [0.25, 0.3) is 0 Å². The maximum atomic E-state index is 11.3. The summed E-state index contributed by atoms with van der Waals surface area (Å²) in [6, 6.07) is -0.0286. The molecule has 1 rings (SSSR count). The zero-order valence-corrected chi connectivity index (χ0v) is 11.7. The van der Waals surface area contributed by atoms with E-state index in [1.54, 1.807) is 6.21 Å². The van der Waals surface area contributed by atoms with Gasteiger partial charge in [-0.1, -0.05) is 20.8 Å². The molecule has 1 heterocycles. The van der Waals surface area contributed by atoms with Crippen LogP contribution < -0.4 is 0 Å². The fourth-order valence-corrected chi connectivity index (χ4v) is 2.84. The van der Waals surface area contributed by atoms with Crippen molar-refractivity contribution in [2.75, 3.05) is 0 Å². The van der Waals surface area contributed by atoms with Gasteiger partial charge in [0.1, 0.15) is 6.10 Å². The van der Waals surface area contributed by atoms with Gasteiger partial charge in [-0.15, -0.1) is 0 Å². The van der Waals surface area contributed by atoms with Gasteiger partial charge < -0.3 is 9.63 Å². The molecule has 0 saturated carbocycles. The Morgan fingerprint density at radius 3 is 2.27 bits per heavy atom. The molecule has 1 aliphatic rings. The minimum atomic E-state index is -1.73. The minimum Gasteiger partial charge on any atom is -0.624 e. The summed E-state index contributed by atoms with van der Waals surface area (Å²) in [4.78, 5) is 0. The lowest BCUT2D eigenvalue weighted by atomic mass is 10.2. The topological polar surface area (TPSA) is 35.3 Å². The van der Waals surface area contributed by atoms with Crippen molar-refractivity contribution in [3.63, 3.8) is 0 Å². The van der Waals surface area contributed by atoms with Crippen molar-refractivity contribution >= 4 is 14.5 Å². The first-order valence-corrected chi connectivity index (χ1v) is 8.52. The molecule has 2 atom stereocenters. The molecule has 0 N–H and O–H groups in total. The van der Waals surface area contributed by atoms with E-state index in [0.29, 0.717) is 0 Å². The Morgan fingerprint density at radius 2 is 1.93 bits per heavy atom. The van der Waals surface area contributed by atoms with Crippen molar-refractivity contribution in [2.24, 2.45) is 0 Å². The highest BCUT2D eigenvalue weighted by molar-refractivity contribution is 6.74. The summed E-state index contributed by atoms with van der Waals surface area (Å²) in [5.41, 5.74) is 0. The van der Waals surface area contributed by atoms with E-state index in [1.807, 2.05) is 6.92 Å². The van der Waals surface area contributed by atoms with Crippen LogP contribution >= 0.6 is 0 Å². The van der Waals surface area contributed by atoms with Crippen LogP contribution in [0.15, 0.2) is 0 Å². The van der Waals surface area contributed by atoms with Crippen molar-refractivity contribution in [1.29, 1.82) is 0 Å². The molecule has 0 aromatic heterocycles. The zero-order chi connectivity index (χ0) is 11.9. The molecule has 0 amide bonds. The second kappa shape index (κ2) is 3.90. The molecule has 0 unspecified atom stereocenters. The Hall–Kier alpha value is -0.353. The monoisotopic (exact) mass is 229 g/mol. The molecular formula is C11H23NO2Si. The van der Waals surface area contributed by atoms with Gasteiger partial charge in [-0.2, -0.15) is 0 Å². The van der Waals surface area contributed by atoms with Crippen LogP contribution in [-0.4, -0.2) is 31.4 Å². The van der Waals surface area contributed by atoms with Crippen molar-refractivity contribution < 1.29 is 9.16 Å². The third-order valence-corrected chi connectivity index (χ3v) is 8.21. The maximum Gasteiger partial charge on any atom is 0.192 e. The molecule has 0 fully saturated rings. The predicted molar refractivity (Wildman–Crippen MR) is 65.8 cm³/mol. The van der Waals surface area contributed by atoms with E-state index in [9.17, 15) is 5.21 Å². The molecule has 0 radical (unpaired) electrons. The third-order valence-electron chi connectivity index (χ3n) is 3.71. The van der Waals surface area contributed by atoms with Crippen molar-refractivity contribution in [2.45, 2.75) is 64.4 Å². The van der Waals surface area contributed by atoms with Gasteiger partial charge in [0.2, 0.25) is 0 Å². The molecule has 0 bridgehead atoms. The summed E-state index contributed by atoms with van der Waals surface area (Å²) in [6.45, 7) is 13.1. The fraction of sp³-hybridized carbons (Fsp3) is 0.909. The molecule has 0 aromatic rings. The van der Waals surface area contributed by atoms with Gasteiger partial charge in [0, 0.05) is 6.92 Å². The second-order valence-electron chi connectivity index (χ2n) is 5.94. The molecule has 15 heavy (non-hydrogen) atoms. The molecule has 0 aliphatic carbocycles. The highest BCUT2D eigenvalue weighted by atomic mass is 28.4. The first-order chi connectivity index (χ1) is 6.65. The highest BCUT2D eigenvalue weighted by Gasteiger charge is 2.42. The van der Waals surface area contributed by atoms with Gasteiger partial charge in [0.25, 0.3) is 0 Å². The number of hydroxylamine groups is 1. The van der Waals surface area contributed by atoms with E-state index >= 15 is 0 Å². The Labute approximate surface area is 93.9 Å². The van der Waals surface area contributed by atoms with Crippen LogP contribution in [0.3, 0.4) is 0 Å². The largest absolute Gasteiger partial charge is 0.624 e. The summed E-state index contributed by atoms with van der Waals surface area (Å²) in [6.07, 6.45) is 2.54. The average molecular weight is 229 g/mol. The van der Waals surface area contributed by atoms with E-state index in [4.69, 9.17) is 4.43 Å². The van der Waals surface area contributed by atoms with Crippen LogP contribution in [0.1, 0.15) is 34.1 Å². The van der Waals surface area contributed by atoms with Gasteiger partial charge >= 0.3 is 0 Å². The standard InChI is InChI=1S/C11H23NO2Si/c1-9-10(7-8-12(9)13)14-15(5,6)11(2,3)4/h8-10H,7H2,1-6H3/t9-,10+/m1/s1. The van der Waals surface area contributed by atoms with E-state index < -0.39 is 8.32 Å². The first kappa shape index (κ1) is 12.7. The fourth-order valence-electron chi connectivity index (χ4n) is 1.44. The van der Waals surface area contributed by atoms with Crippen LogP contribution in [0.4, 0.5) is 0 Å². The van der Waals surface area contributed by atoms with Crippen LogP contribution in [0.2, 0.25) is 18.1 Å². The summed E-state index contributed by atoms with van der Waals surface area (Å²) >= 11 is 0. The van der Waals surface area contributed by atoms with Gasteiger partial charge in [-0.3, -0.25) is 0 Å².